The number of amides is 2. The van der Waals surface area contributed by atoms with Crippen LogP contribution in [0.5, 0.6) is 0 Å². The first-order valence-electron chi connectivity index (χ1n) is 12.2. The first kappa shape index (κ1) is 29.9. The molecule has 1 fully saturated rings. The van der Waals surface area contributed by atoms with Gasteiger partial charge in [0.05, 0.1) is 19.2 Å². The first-order chi connectivity index (χ1) is 18.5. The molecule has 39 heavy (non-hydrogen) atoms. The molecule has 1 saturated heterocycles. The molecule has 0 unspecified atom stereocenters. The highest BCUT2D eigenvalue weighted by atomic mass is 32.2. The summed E-state index contributed by atoms with van der Waals surface area (Å²) in [6.07, 6.45) is 1.48. The number of ketones is 1. The zero-order chi connectivity index (χ0) is 28.9. The maximum Gasteiger partial charge on any atom is 0.409 e. The minimum Gasteiger partial charge on any atom is -0.500 e. The number of piperidine rings is 1. The van der Waals surface area contributed by atoms with Crippen molar-refractivity contribution in [1.29, 1.82) is 5.41 Å². The Kier molecular flexibility index (Phi) is 9.59. The monoisotopic (exact) mass is 566 g/mol. The van der Waals surface area contributed by atoms with Crippen LogP contribution in [0.3, 0.4) is 0 Å². The number of carbonyl (C=O) groups excluding carboxylic acids is 3. The van der Waals surface area contributed by atoms with Gasteiger partial charge in [-0.25, -0.2) is 13.6 Å². The van der Waals surface area contributed by atoms with Gasteiger partial charge in [-0.05, 0) is 37.4 Å². The number of thioether (sulfide) groups is 1. The summed E-state index contributed by atoms with van der Waals surface area (Å²) in [6, 6.07) is 3.05. The molecular weight excluding hydrogens is 534 g/mol. The van der Waals surface area contributed by atoms with E-state index in [0.717, 1.165) is 12.1 Å². The van der Waals surface area contributed by atoms with Crippen LogP contribution in [0.1, 0.15) is 25.3 Å². The molecule has 2 aliphatic rings. The fourth-order valence-corrected chi connectivity index (χ4v) is 5.39. The average Bonchev–Trinajstić information content (AvgIpc) is 2.91. The number of nitrogens with two attached hydrogens (primary N) is 2. The third kappa shape index (κ3) is 6.34. The summed E-state index contributed by atoms with van der Waals surface area (Å²) in [5.41, 5.74) is -1.12. The second-order valence-corrected chi connectivity index (χ2v) is 10.1. The Balaban J connectivity index is 1.71. The van der Waals surface area contributed by atoms with Gasteiger partial charge in [0.15, 0.2) is 0 Å². The van der Waals surface area contributed by atoms with Gasteiger partial charge in [0.25, 0.3) is 0 Å². The number of aliphatic hydroxyl groups excluding tert-OH is 1. The first-order valence-corrected chi connectivity index (χ1v) is 13.0. The van der Waals surface area contributed by atoms with E-state index in [9.17, 15) is 28.3 Å². The number of hydrogen-bond acceptors (Lipinski definition) is 8. The van der Waals surface area contributed by atoms with Gasteiger partial charge in [0, 0.05) is 38.5 Å². The van der Waals surface area contributed by atoms with Crippen LogP contribution in [0, 0.1) is 17.0 Å². The number of quaternary nitrogens is 1. The van der Waals surface area contributed by atoms with E-state index < -0.39 is 40.8 Å². The van der Waals surface area contributed by atoms with E-state index >= 15 is 0 Å². The molecule has 210 valence electrons. The van der Waals surface area contributed by atoms with Crippen LogP contribution in [0.2, 0.25) is 0 Å². The molecule has 0 saturated carbocycles. The molecule has 3 rings (SSSR count). The number of hydrogen-bond donors (Lipinski definition) is 5. The number of benzene rings is 1. The van der Waals surface area contributed by atoms with Gasteiger partial charge in [-0.15, -0.1) is 0 Å². The van der Waals surface area contributed by atoms with Crippen LogP contribution in [0.15, 0.2) is 41.4 Å². The molecular formula is C25H32F2N6O5S+2. The summed E-state index contributed by atoms with van der Waals surface area (Å²) >= 11 is 0.697. The molecule has 1 aromatic carbocycles. The Morgan fingerprint density at radius 2 is 2.00 bits per heavy atom. The molecule has 0 bridgehead atoms. The number of carbonyl (C=O) groups is 3. The van der Waals surface area contributed by atoms with Gasteiger partial charge in [-0.1, -0.05) is 6.07 Å². The number of likely N-dealkylation sites (tertiary alicyclic amines) is 1. The Bertz CT molecular complexity index is 1260. The number of nitrogens with zero attached hydrogens (tertiary/aromatic N) is 2. The number of nitrogens with one attached hydrogen (secondary N) is 2. The fraction of sp³-hybridized carbons (Fsp3) is 0.400. The molecule has 0 aromatic heterocycles. The lowest BCUT2D eigenvalue weighted by Crippen LogP contribution is -2.82. The molecule has 1 aromatic rings. The summed E-state index contributed by atoms with van der Waals surface area (Å²) in [5, 5.41) is 29.1. The van der Waals surface area contributed by atoms with E-state index in [4.69, 9.17) is 15.6 Å². The lowest BCUT2D eigenvalue weighted by Gasteiger charge is -2.47. The highest BCUT2D eigenvalue weighted by Crippen LogP contribution is 2.28. The molecule has 7 N–H and O–H groups in total. The van der Waals surface area contributed by atoms with Crippen LogP contribution in [-0.4, -0.2) is 82.2 Å². The molecule has 2 heterocycles. The van der Waals surface area contributed by atoms with Crippen molar-refractivity contribution in [3.8, 4) is 0 Å². The van der Waals surface area contributed by atoms with Crippen molar-refractivity contribution in [1.82, 2.24) is 15.1 Å². The quantitative estimate of drug-likeness (QED) is 0.173. The molecule has 11 nitrogen and oxygen atoms in total. The highest BCUT2D eigenvalue weighted by Gasteiger charge is 2.45. The molecule has 0 atom stereocenters. The van der Waals surface area contributed by atoms with Gasteiger partial charge in [-0.2, -0.15) is 0 Å². The number of methoxy groups -OCH3 is 1. The molecule has 14 heteroatoms. The minimum absolute atomic E-state index is 0.0796. The van der Waals surface area contributed by atoms with Crippen LogP contribution < -0.4 is 16.0 Å². The van der Waals surface area contributed by atoms with Crippen molar-refractivity contribution in [2.75, 3.05) is 33.8 Å². The Morgan fingerprint density at radius 3 is 2.56 bits per heavy atom. The van der Waals surface area contributed by atoms with E-state index in [-0.39, 0.29) is 39.9 Å². The van der Waals surface area contributed by atoms with Crippen LogP contribution in [-0.2, 0) is 20.7 Å². The smallest absolute Gasteiger partial charge is 0.409 e. The van der Waals surface area contributed by atoms with Gasteiger partial charge in [0.1, 0.15) is 28.5 Å². The van der Waals surface area contributed by atoms with Crippen molar-refractivity contribution < 1.29 is 43.7 Å². The predicted molar refractivity (Wildman–Crippen MR) is 139 cm³/mol. The highest BCUT2D eigenvalue weighted by molar-refractivity contribution is 8.26. The SMILES string of the molecule is CCN(C(=O)C1=C(O)C(=O)C(C(=N)SC(=[NH2+])Cc2ccc(F)cc2F)=C[NH2+]1)C1(NC)CCN(C(=O)OC)CC1. The zero-order valence-corrected chi connectivity index (χ0v) is 22.7. The van der Waals surface area contributed by atoms with E-state index in [1.54, 1.807) is 14.0 Å². The second kappa shape index (κ2) is 12.5. The standard InChI is InChI=1S/C25H30F2N6O5S/c1-4-33(25(30-2)7-9-32(10-8-25)24(37)38-3)23(36)19-21(35)20(34)16(13-31-19)22(29)39-18(28)11-14-5-6-15(26)12-17(14)27/h5-6,12-13,28-30,35H,4,7-11H2,1-3H3,(H,31,34)/p+2. The molecule has 0 aliphatic carbocycles. The zero-order valence-electron chi connectivity index (χ0n) is 21.8. The topological polar surface area (TPSA) is 165 Å². The maximum absolute atomic E-state index is 13.9. The van der Waals surface area contributed by atoms with Gasteiger partial charge in [0.2, 0.25) is 22.3 Å². The third-order valence-corrected chi connectivity index (χ3v) is 7.62. The predicted octanol–water partition coefficient (Wildman–Crippen LogP) is -0.199. The van der Waals surface area contributed by atoms with Gasteiger partial charge in [-0.3, -0.25) is 31.0 Å². The van der Waals surface area contributed by atoms with E-state index in [2.05, 4.69) is 5.32 Å². The lowest BCUT2D eigenvalue weighted by atomic mass is 9.94. The second-order valence-electron chi connectivity index (χ2n) is 8.94. The minimum atomic E-state index is -0.922. The van der Waals surface area contributed by atoms with Gasteiger partial charge >= 0.3 is 12.0 Å². The van der Waals surface area contributed by atoms with Crippen molar-refractivity contribution >= 4 is 39.6 Å². The van der Waals surface area contributed by atoms with Crippen LogP contribution in [0.4, 0.5) is 13.6 Å². The van der Waals surface area contributed by atoms with Crippen molar-refractivity contribution in [2.24, 2.45) is 0 Å². The van der Waals surface area contributed by atoms with Gasteiger partial charge < -0.3 is 19.6 Å². The molecule has 0 spiro atoms. The maximum atomic E-state index is 13.9. The fourth-order valence-electron chi connectivity index (χ4n) is 4.63. The Labute approximate surface area is 228 Å². The summed E-state index contributed by atoms with van der Waals surface area (Å²) in [7, 11) is 3.00. The summed E-state index contributed by atoms with van der Waals surface area (Å²) in [6.45, 7) is 2.69. The normalized spacial score (nSPS) is 17.0. The number of ether oxygens (including phenoxy) is 1. The average molecular weight is 567 g/mol. The number of likely N-dealkylation sites (N-methyl/N-ethyl adjacent to an activating group) is 1. The summed E-state index contributed by atoms with van der Waals surface area (Å²) in [5.74, 6) is -3.83. The van der Waals surface area contributed by atoms with E-state index in [0.29, 0.717) is 37.7 Å². The number of aliphatic hydroxyl groups is 1. The number of allylic oxidation sites excluding steroid dienone is 1. The van der Waals surface area contributed by atoms with Crippen molar-refractivity contribution in [3.63, 3.8) is 0 Å². The Morgan fingerprint density at radius 1 is 1.33 bits per heavy atom. The van der Waals surface area contributed by atoms with Crippen molar-refractivity contribution in [2.45, 2.75) is 31.8 Å². The third-order valence-electron chi connectivity index (χ3n) is 6.79. The summed E-state index contributed by atoms with van der Waals surface area (Å²) in [4.78, 5) is 41.4. The van der Waals surface area contributed by atoms with Crippen LogP contribution in [0.25, 0.3) is 0 Å². The van der Waals surface area contributed by atoms with E-state index in [1.807, 2.05) is 0 Å². The number of Topliss-reactive ketones (excluding diaryl/α,β-unsaturated/α-hetero) is 1. The van der Waals surface area contributed by atoms with Crippen LogP contribution >= 0.6 is 11.8 Å². The summed E-state index contributed by atoms with van der Waals surface area (Å²) < 4.78 is 31.9. The Hall–Kier alpha value is -3.62. The molecule has 2 aliphatic heterocycles. The lowest BCUT2D eigenvalue weighted by molar-refractivity contribution is -0.532. The largest absolute Gasteiger partial charge is 0.500 e. The van der Waals surface area contributed by atoms with Crippen molar-refractivity contribution in [3.05, 3.63) is 58.6 Å². The van der Waals surface area contributed by atoms with E-state index in [1.165, 1.54) is 34.5 Å². The molecule has 2 amide bonds. The number of halogens is 2. The number of rotatable bonds is 7. The molecule has 0 radical (unpaired) electrons.